The molecule has 5 heteroatoms. The van der Waals surface area contributed by atoms with Gasteiger partial charge < -0.3 is 9.73 Å². The second-order valence-electron chi connectivity index (χ2n) is 6.60. The normalized spacial score (nSPS) is 11.4. The van der Waals surface area contributed by atoms with Crippen molar-refractivity contribution in [3.8, 4) is 11.5 Å². The summed E-state index contributed by atoms with van der Waals surface area (Å²) in [4.78, 5) is 29.2. The Morgan fingerprint density at radius 2 is 1.72 bits per heavy atom. The molecule has 29 heavy (non-hydrogen) atoms. The molecule has 0 unspecified atom stereocenters. The van der Waals surface area contributed by atoms with E-state index in [0.717, 1.165) is 5.56 Å². The Bertz CT molecular complexity index is 1270. The first-order valence-corrected chi connectivity index (χ1v) is 9.15. The number of benzene rings is 3. The van der Waals surface area contributed by atoms with Crippen molar-refractivity contribution >= 4 is 28.6 Å². The molecule has 0 spiro atoms. The SMILES string of the molecule is C/C(=C\c1ccccc1)C(=O)Nc1cccc(-c2nc3ccccc3c(=O)o2)c1. The van der Waals surface area contributed by atoms with E-state index in [-0.39, 0.29) is 11.8 Å². The fraction of sp³-hybridized carbons (Fsp3) is 0.0417. The van der Waals surface area contributed by atoms with Crippen LogP contribution < -0.4 is 10.9 Å². The molecule has 0 radical (unpaired) electrons. The van der Waals surface area contributed by atoms with E-state index in [2.05, 4.69) is 10.3 Å². The number of nitrogens with one attached hydrogen (secondary N) is 1. The molecule has 0 aliphatic rings. The molecule has 5 nitrogen and oxygen atoms in total. The van der Waals surface area contributed by atoms with Crippen LogP contribution in [0.5, 0.6) is 0 Å². The summed E-state index contributed by atoms with van der Waals surface area (Å²) >= 11 is 0. The maximum absolute atomic E-state index is 12.5. The maximum Gasteiger partial charge on any atom is 0.347 e. The summed E-state index contributed by atoms with van der Waals surface area (Å²) in [6.07, 6.45) is 1.82. The highest BCUT2D eigenvalue weighted by atomic mass is 16.4. The van der Waals surface area contributed by atoms with Gasteiger partial charge in [-0.15, -0.1) is 0 Å². The van der Waals surface area contributed by atoms with Crippen LogP contribution in [0.15, 0.2) is 93.6 Å². The lowest BCUT2D eigenvalue weighted by molar-refractivity contribution is -0.112. The van der Waals surface area contributed by atoms with Crippen LogP contribution in [0, 0.1) is 0 Å². The standard InChI is InChI=1S/C24H18N2O3/c1-16(14-17-8-3-2-4-9-17)22(27)25-19-11-7-10-18(15-19)23-26-21-13-6-5-12-20(21)24(28)29-23/h2-15H,1H3,(H,25,27)/b16-14+. The number of rotatable bonds is 4. The molecule has 0 saturated heterocycles. The summed E-state index contributed by atoms with van der Waals surface area (Å²) in [6.45, 7) is 1.76. The number of nitrogens with zero attached hydrogens (tertiary/aromatic N) is 1. The van der Waals surface area contributed by atoms with Crippen LogP contribution in [-0.4, -0.2) is 10.9 Å². The molecule has 0 atom stereocenters. The fourth-order valence-corrected chi connectivity index (χ4v) is 2.97. The second-order valence-corrected chi connectivity index (χ2v) is 6.60. The van der Waals surface area contributed by atoms with Crippen molar-refractivity contribution in [1.29, 1.82) is 0 Å². The summed E-state index contributed by atoms with van der Waals surface area (Å²) in [5, 5.41) is 3.30. The summed E-state index contributed by atoms with van der Waals surface area (Å²) in [5.41, 5.74) is 2.85. The molecule has 4 rings (SSSR count). The van der Waals surface area contributed by atoms with Gasteiger partial charge in [0.1, 0.15) is 0 Å². The third-order valence-corrected chi connectivity index (χ3v) is 4.44. The van der Waals surface area contributed by atoms with Crippen LogP contribution in [0.4, 0.5) is 5.69 Å². The molecule has 0 aliphatic heterocycles. The molecule has 3 aromatic carbocycles. The van der Waals surface area contributed by atoms with Crippen molar-refractivity contribution in [3.05, 3.63) is 100 Å². The van der Waals surface area contributed by atoms with E-state index in [0.29, 0.717) is 27.7 Å². The number of amides is 1. The molecule has 1 amide bonds. The van der Waals surface area contributed by atoms with Crippen LogP contribution in [0.25, 0.3) is 28.4 Å². The Labute approximate surface area is 167 Å². The first-order chi connectivity index (χ1) is 14.1. The first kappa shape index (κ1) is 18.4. The van der Waals surface area contributed by atoms with E-state index in [1.165, 1.54) is 0 Å². The largest absolute Gasteiger partial charge is 0.403 e. The molecular weight excluding hydrogens is 364 g/mol. The molecule has 0 saturated carbocycles. The van der Waals surface area contributed by atoms with Gasteiger partial charge in [0.25, 0.3) is 5.91 Å². The first-order valence-electron chi connectivity index (χ1n) is 9.15. The van der Waals surface area contributed by atoms with Gasteiger partial charge in [-0.3, -0.25) is 4.79 Å². The van der Waals surface area contributed by atoms with Crippen molar-refractivity contribution < 1.29 is 9.21 Å². The van der Waals surface area contributed by atoms with E-state index >= 15 is 0 Å². The Balaban J connectivity index is 1.60. The minimum absolute atomic E-state index is 0.209. The molecule has 1 aromatic heterocycles. The molecule has 0 bridgehead atoms. The van der Waals surface area contributed by atoms with Crippen molar-refractivity contribution in [2.24, 2.45) is 0 Å². The molecule has 0 aliphatic carbocycles. The topological polar surface area (TPSA) is 72.2 Å². The summed E-state index contributed by atoms with van der Waals surface area (Å²) in [6, 6.07) is 23.7. The van der Waals surface area contributed by atoms with Gasteiger partial charge in [0, 0.05) is 16.8 Å². The van der Waals surface area contributed by atoms with E-state index in [4.69, 9.17) is 4.42 Å². The zero-order valence-corrected chi connectivity index (χ0v) is 15.8. The lowest BCUT2D eigenvalue weighted by Crippen LogP contribution is -2.12. The molecule has 0 fully saturated rings. The van der Waals surface area contributed by atoms with E-state index in [1.54, 1.807) is 49.4 Å². The van der Waals surface area contributed by atoms with Crippen LogP contribution in [0.2, 0.25) is 0 Å². The molecular formula is C24H18N2O3. The Morgan fingerprint density at radius 3 is 2.55 bits per heavy atom. The fourth-order valence-electron chi connectivity index (χ4n) is 2.97. The summed E-state index contributed by atoms with van der Waals surface area (Å²) < 4.78 is 5.37. The van der Waals surface area contributed by atoms with Crippen LogP contribution in [0.1, 0.15) is 12.5 Å². The third kappa shape index (κ3) is 4.14. The Hall–Kier alpha value is -3.99. The number of hydrogen-bond acceptors (Lipinski definition) is 4. The smallest absolute Gasteiger partial charge is 0.347 e. The van der Waals surface area contributed by atoms with Crippen molar-refractivity contribution in [2.75, 3.05) is 5.32 Å². The van der Waals surface area contributed by atoms with Crippen LogP contribution >= 0.6 is 0 Å². The third-order valence-electron chi connectivity index (χ3n) is 4.44. The van der Waals surface area contributed by atoms with E-state index in [9.17, 15) is 9.59 Å². The lowest BCUT2D eigenvalue weighted by atomic mass is 10.1. The number of para-hydroxylation sites is 1. The summed E-state index contributed by atoms with van der Waals surface area (Å²) in [7, 11) is 0. The van der Waals surface area contributed by atoms with Crippen molar-refractivity contribution in [1.82, 2.24) is 4.98 Å². The highest BCUT2D eigenvalue weighted by Crippen LogP contribution is 2.22. The van der Waals surface area contributed by atoms with Gasteiger partial charge in [-0.25, -0.2) is 9.78 Å². The zero-order chi connectivity index (χ0) is 20.2. The number of hydrogen-bond donors (Lipinski definition) is 1. The van der Waals surface area contributed by atoms with Gasteiger partial charge >= 0.3 is 5.63 Å². The monoisotopic (exact) mass is 382 g/mol. The number of aromatic nitrogens is 1. The zero-order valence-electron chi connectivity index (χ0n) is 15.8. The molecule has 1 heterocycles. The van der Waals surface area contributed by atoms with Gasteiger partial charge in [0.15, 0.2) is 0 Å². The van der Waals surface area contributed by atoms with Gasteiger partial charge in [0.2, 0.25) is 5.89 Å². The average Bonchev–Trinajstić information content (AvgIpc) is 2.74. The quantitative estimate of drug-likeness (QED) is 0.510. The van der Waals surface area contributed by atoms with Gasteiger partial charge in [0.05, 0.1) is 10.9 Å². The van der Waals surface area contributed by atoms with Crippen LogP contribution in [-0.2, 0) is 4.79 Å². The maximum atomic E-state index is 12.5. The van der Waals surface area contributed by atoms with Gasteiger partial charge in [-0.2, -0.15) is 0 Å². The predicted octanol–water partition coefficient (Wildman–Crippen LogP) is 4.90. The predicted molar refractivity (Wildman–Crippen MR) is 114 cm³/mol. The lowest BCUT2D eigenvalue weighted by Gasteiger charge is -2.08. The van der Waals surface area contributed by atoms with E-state index in [1.807, 2.05) is 42.5 Å². The van der Waals surface area contributed by atoms with Gasteiger partial charge in [-0.05, 0) is 48.9 Å². The number of carbonyl (C=O) groups is 1. The second kappa shape index (κ2) is 7.94. The Kier molecular flexibility index (Phi) is 5.03. The van der Waals surface area contributed by atoms with E-state index < -0.39 is 5.63 Å². The number of fused-ring (bicyclic) bond motifs is 1. The number of carbonyl (C=O) groups excluding carboxylic acids is 1. The van der Waals surface area contributed by atoms with Crippen molar-refractivity contribution in [2.45, 2.75) is 6.92 Å². The number of anilines is 1. The molecule has 1 N–H and O–H groups in total. The molecule has 4 aromatic rings. The highest BCUT2D eigenvalue weighted by Gasteiger charge is 2.10. The Morgan fingerprint density at radius 1 is 0.966 bits per heavy atom. The minimum atomic E-state index is -0.443. The van der Waals surface area contributed by atoms with Crippen LogP contribution in [0.3, 0.4) is 0 Å². The minimum Gasteiger partial charge on any atom is -0.403 e. The average molecular weight is 382 g/mol. The molecule has 142 valence electrons. The highest BCUT2D eigenvalue weighted by molar-refractivity contribution is 6.06. The van der Waals surface area contributed by atoms with Crippen molar-refractivity contribution in [3.63, 3.8) is 0 Å². The van der Waals surface area contributed by atoms with Gasteiger partial charge in [-0.1, -0.05) is 48.5 Å². The summed E-state index contributed by atoms with van der Waals surface area (Å²) in [5.74, 6) is 0.000255.